The summed E-state index contributed by atoms with van der Waals surface area (Å²) in [7, 11) is 0. The second-order valence-corrected chi connectivity index (χ2v) is 6.55. The quantitative estimate of drug-likeness (QED) is 0.473. The molecule has 0 aliphatic rings. The number of hydrogen-bond donors (Lipinski definition) is 0. The van der Waals surface area contributed by atoms with Crippen molar-refractivity contribution >= 4 is 64.1 Å². The SMILES string of the molecule is c1csc2cc3sccsc3cc2s1. The lowest BCUT2D eigenvalue weighted by Gasteiger charge is -1.98. The molecule has 0 aliphatic heterocycles. The van der Waals surface area contributed by atoms with Crippen LogP contribution in [0.3, 0.4) is 0 Å². The normalized spacial score (nSPS) is 10.9. The molecule has 14 heavy (non-hydrogen) atoms. The van der Waals surface area contributed by atoms with Gasteiger partial charge in [-0.05, 0) is 12.1 Å². The first-order chi connectivity index (χ1) is 6.93. The van der Waals surface area contributed by atoms with Gasteiger partial charge in [0.15, 0.2) is 0 Å². The first kappa shape index (κ1) is 8.85. The van der Waals surface area contributed by atoms with Crippen molar-refractivity contribution in [3.05, 3.63) is 33.7 Å². The molecule has 1 aromatic carbocycles. The molecule has 3 aromatic rings. The van der Waals surface area contributed by atoms with E-state index in [2.05, 4.69) is 33.7 Å². The Balaban J connectivity index is 2.52. The molecular formula is C10H6S4. The summed E-state index contributed by atoms with van der Waals surface area (Å²) in [6.45, 7) is 0. The molecule has 2 aromatic heterocycles. The van der Waals surface area contributed by atoms with Crippen LogP contribution in [0.25, 0.3) is 18.8 Å². The van der Waals surface area contributed by atoms with Crippen molar-refractivity contribution in [3.63, 3.8) is 0 Å². The van der Waals surface area contributed by atoms with E-state index in [4.69, 9.17) is 0 Å². The molecule has 0 saturated carbocycles. The van der Waals surface area contributed by atoms with Crippen LogP contribution in [0.2, 0.25) is 0 Å². The first-order valence-corrected chi connectivity index (χ1v) is 7.60. The monoisotopic (exact) mass is 254 g/mol. The van der Waals surface area contributed by atoms with Gasteiger partial charge >= 0.3 is 0 Å². The highest BCUT2D eigenvalue weighted by Gasteiger charge is 1.98. The van der Waals surface area contributed by atoms with E-state index < -0.39 is 0 Å². The van der Waals surface area contributed by atoms with Gasteiger partial charge in [0.2, 0.25) is 0 Å². The zero-order valence-corrected chi connectivity index (χ0v) is 10.4. The topological polar surface area (TPSA) is 0 Å². The molecule has 0 bridgehead atoms. The molecule has 0 unspecified atom stereocenters. The summed E-state index contributed by atoms with van der Waals surface area (Å²) in [5, 5.41) is 8.59. The predicted molar refractivity (Wildman–Crippen MR) is 70.6 cm³/mol. The molecule has 0 atom stereocenters. The van der Waals surface area contributed by atoms with Crippen LogP contribution in [0.1, 0.15) is 0 Å². The van der Waals surface area contributed by atoms with Crippen LogP contribution in [-0.4, -0.2) is 0 Å². The Morgan fingerprint density at radius 3 is 1.07 bits per heavy atom. The van der Waals surface area contributed by atoms with Gasteiger partial charge in [0, 0.05) is 40.3 Å². The maximum absolute atomic E-state index is 2.30. The van der Waals surface area contributed by atoms with E-state index in [9.17, 15) is 0 Å². The van der Waals surface area contributed by atoms with E-state index in [1.54, 1.807) is 0 Å². The van der Waals surface area contributed by atoms with Crippen LogP contribution in [-0.2, 0) is 0 Å². The van der Waals surface area contributed by atoms with Gasteiger partial charge in [0.05, 0.1) is 0 Å². The smallest absolute Gasteiger partial charge is 0.0457 e. The van der Waals surface area contributed by atoms with E-state index in [0.717, 1.165) is 0 Å². The maximum atomic E-state index is 2.30. The summed E-state index contributed by atoms with van der Waals surface area (Å²) in [6.07, 6.45) is 0. The molecule has 0 N–H and O–H groups in total. The molecule has 3 rings (SSSR count). The lowest BCUT2D eigenvalue weighted by molar-refractivity contribution is 2.16. The number of benzene rings is 1. The van der Waals surface area contributed by atoms with Gasteiger partial charge in [-0.2, -0.15) is 0 Å². The van der Waals surface area contributed by atoms with E-state index in [1.165, 1.54) is 18.8 Å². The van der Waals surface area contributed by atoms with E-state index >= 15 is 0 Å². The van der Waals surface area contributed by atoms with Gasteiger partial charge in [-0.1, -0.05) is 0 Å². The van der Waals surface area contributed by atoms with Crippen LogP contribution in [0.4, 0.5) is 0 Å². The Kier molecular flexibility index (Phi) is 2.29. The van der Waals surface area contributed by atoms with Crippen molar-refractivity contribution in [2.75, 3.05) is 0 Å². The van der Waals surface area contributed by atoms with Crippen molar-refractivity contribution in [2.45, 2.75) is 0 Å². The van der Waals surface area contributed by atoms with Crippen LogP contribution >= 0.6 is 45.3 Å². The molecule has 0 fully saturated rings. The highest BCUT2D eigenvalue weighted by Crippen LogP contribution is 2.31. The first-order valence-electron chi connectivity index (χ1n) is 4.08. The summed E-state index contributed by atoms with van der Waals surface area (Å²) in [5.74, 6) is 0. The highest BCUT2D eigenvalue weighted by molar-refractivity contribution is 7.29. The third-order valence-electron chi connectivity index (χ3n) is 1.90. The summed E-state index contributed by atoms with van der Waals surface area (Å²) in [4.78, 5) is 0. The minimum absolute atomic E-state index is 1.39. The van der Waals surface area contributed by atoms with Crippen LogP contribution < -0.4 is 0 Å². The standard InChI is InChI=1S/C10H6S4/c1-2-12-8-6-10-9(5-7(8)11-1)13-3-4-14-10/h1-6H. The fourth-order valence-electron chi connectivity index (χ4n) is 1.30. The van der Waals surface area contributed by atoms with Gasteiger partial charge < -0.3 is 0 Å². The molecule has 0 radical (unpaired) electrons. The van der Waals surface area contributed by atoms with Crippen LogP contribution in [0.5, 0.6) is 0 Å². The Morgan fingerprint density at radius 2 is 0.786 bits per heavy atom. The molecule has 2 heterocycles. The average Bonchev–Trinajstić information content (AvgIpc) is 2.26. The van der Waals surface area contributed by atoms with Gasteiger partial charge in [0.25, 0.3) is 0 Å². The maximum Gasteiger partial charge on any atom is 0.0457 e. The molecule has 0 nitrogen and oxygen atoms in total. The van der Waals surface area contributed by atoms with Gasteiger partial charge in [-0.25, -0.2) is 0 Å². The third-order valence-corrected chi connectivity index (χ3v) is 5.96. The number of fused-ring (bicyclic) bond motifs is 2. The molecule has 0 saturated heterocycles. The van der Waals surface area contributed by atoms with Gasteiger partial charge in [-0.15, -0.1) is 45.3 Å². The Morgan fingerprint density at radius 1 is 0.500 bits per heavy atom. The van der Waals surface area contributed by atoms with Crippen molar-refractivity contribution < 1.29 is 0 Å². The minimum Gasteiger partial charge on any atom is -0.142 e. The lowest BCUT2D eigenvalue weighted by atomic mass is 10.4. The molecule has 0 spiro atoms. The number of hydrogen-bond acceptors (Lipinski definition) is 4. The van der Waals surface area contributed by atoms with Gasteiger partial charge in [-0.3, -0.25) is 0 Å². The van der Waals surface area contributed by atoms with Crippen molar-refractivity contribution in [1.29, 1.82) is 0 Å². The largest absolute Gasteiger partial charge is 0.142 e. The second-order valence-electron chi connectivity index (χ2n) is 2.76. The van der Waals surface area contributed by atoms with E-state index in [-0.39, 0.29) is 0 Å². The van der Waals surface area contributed by atoms with Crippen molar-refractivity contribution in [2.24, 2.45) is 0 Å². The average molecular weight is 254 g/mol. The minimum atomic E-state index is 1.39. The molecule has 0 amide bonds. The number of rotatable bonds is 0. The molecule has 4 heteroatoms. The fourth-order valence-corrected chi connectivity index (χ4v) is 4.94. The Labute approximate surface area is 97.4 Å². The van der Waals surface area contributed by atoms with Crippen molar-refractivity contribution in [3.8, 4) is 0 Å². The summed E-state index contributed by atoms with van der Waals surface area (Å²) in [5.41, 5.74) is 0. The summed E-state index contributed by atoms with van der Waals surface area (Å²) in [6, 6.07) is 4.60. The van der Waals surface area contributed by atoms with E-state index in [0.29, 0.717) is 0 Å². The predicted octanol–water partition coefficient (Wildman–Crippen LogP) is 5.36. The Bertz CT molecular complexity index is 501. The zero-order chi connectivity index (χ0) is 9.38. The van der Waals surface area contributed by atoms with Crippen LogP contribution in [0.15, 0.2) is 33.7 Å². The Hall–Kier alpha value is -0.420. The summed E-state index contributed by atoms with van der Waals surface area (Å²) >= 11 is 7.25. The highest BCUT2D eigenvalue weighted by atomic mass is 32.1. The summed E-state index contributed by atoms with van der Waals surface area (Å²) < 4.78 is 5.55. The lowest BCUT2D eigenvalue weighted by Crippen LogP contribution is -1.66. The fraction of sp³-hybridized carbons (Fsp3) is 0. The van der Waals surface area contributed by atoms with Gasteiger partial charge in [0.1, 0.15) is 0 Å². The van der Waals surface area contributed by atoms with Crippen molar-refractivity contribution in [1.82, 2.24) is 0 Å². The molecular weight excluding hydrogens is 248 g/mol. The molecule has 70 valence electrons. The van der Waals surface area contributed by atoms with Crippen LogP contribution in [0, 0.1) is 0 Å². The zero-order valence-electron chi connectivity index (χ0n) is 7.10. The second kappa shape index (κ2) is 3.62. The molecule has 0 aliphatic carbocycles. The van der Waals surface area contributed by atoms with E-state index in [1.807, 2.05) is 45.3 Å². The third kappa shape index (κ3) is 1.48.